The van der Waals surface area contributed by atoms with Gasteiger partial charge in [-0.15, -0.1) is 0 Å². The van der Waals surface area contributed by atoms with E-state index in [1.54, 1.807) is 0 Å². The second-order valence-electron chi connectivity index (χ2n) is 6.30. The fourth-order valence-corrected chi connectivity index (χ4v) is 2.50. The Kier molecular flexibility index (Phi) is 3.91. The highest BCUT2D eigenvalue weighted by Crippen LogP contribution is 2.36. The van der Waals surface area contributed by atoms with E-state index in [9.17, 15) is 0 Å². The first kappa shape index (κ1) is 12.4. The maximum atomic E-state index is 5.79. The molecule has 94 valence electrons. The lowest BCUT2D eigenvalue weighted by molar-refractivity contribution is 0.0478. The molecule has 1 saturated heterocycles. The smallest absolute Gasteiger partial charge is 0.0581 e. The zero-order valence-corrected chi connectivity index (χ0v) is 11.1. The molecule has 2 nitrogen and oxygen atoms in total. The van der Waals surface area contributed by atoms with Gasteiger partial charge in [-0.1, -0.05) is 20.8 Å². The molecule has 2 unspecified atom stereocenters. The third kappa shape index (κ3) is 3.21. The first-order chi connectivity index (χ1) is 7.60. The summed E-state index contributed by atoms with van der Waals surface area (Å²) in [5.41, 5.74) is 0.400. The molecule has 0 amide bonds. The van der Waals surface area contributed by atoms with Gasteiger partial charge in [0.15, 0.2) is 0 Å². The molecule has 0 bridgehead atoms. The Morgan fingerprint density at radius 3 is 2.56 bits per heavy atom. The van der Waals surface area contributed by atoms with Crippen molar-refractivity contribution in [3.8, 4) is 0 Å². The van der Waals surface area contributed by atoms with Gasteiger partial charge in [0.2, 0.25) is 0 Å². The van der Waals surface area contributed by atoms with Crippen LogP contribution in [0, 0.1) is 11.3 Å². The molecule has 0 aromatic rings. The molecule has 1 aliphatic carbocycles. The van der Waals surface area contributed by atoms with Gasteiger partial charge in [-0.05, 0) is 43.4 Å². The molecule has 2 atom stereocenters. The molecule has 0 spiro atoms. The molecule has 1 N–H and O–H groups in total. The maximum Gasteiger partial charge on any atom is 0.0581 e. The van der Waals surface area contributed by atoms with Gasteiger partial charge < -0.3 is 10.1 Å². The molecular weight excluding hydrogens is 198 g/mol. The van der Waals surface area contributed by atoms with Crippen molar-refractivity contribution in [2.75, 3.05) is 13.2 Å². The lowest BCUT2D eigenvalue weighted by atomic mass is 9.74. The molecule has 1 heterocycles. The third-order valence-electron chi connectivity index (χ3n) is 4.48. The molecule has 16 heavy (non-hydrogen) atoms. The molecule has 2 rings (SSSR count). The monoisotopic (exact) mass is 225 g/mol. The van der Waals surface area contributed by atoms with Crippen LogP contribution < -0.4 is 5.32 Å². The van der Waals surface area contributed by atoms with Crippen LogP contribution in [0.2, 0.25) is 0 Å². The first-order valence-corrected chi connectivity index (χ1v) is 6.95. The minimum Gasteiger partial charge on any atom is -0.378 e. The second kappa shape index (κ2) is 5.05. The fraction of sp³-hybridized carbons (Fsp3) is 1.00. The van der Waals surface area contributed by atoms with Crippen molar-refractivity contribution in [3.05, 3.63) is 0 Å². The topological polar surface area (TPSA) is 21.3 Å². The van der Waals surface area contributed by atoms with Gasteiger partial charge in [-0.3, -0.25) is 0 Å². The highest BCUT2D eigenvalue weighted by atomic mass is 16.5. The SMILES string of the molecule is CC(C)C(C)(CNC1CC1)CC1CCCO1. The normalized spacial score (nSPS) is 29.6. The van der Waals surface area contributed by atoms with E-state index in [1.165, 1.54) is 32.1 Å². The molecule has 2 heteroatoms. The van der Waals surface area contributed by atoms with E-state index in [0.717, 1.165) is 25.1 Å². The van der Waals surface area contributed by atoms with Gasteiger partial charge in [0.1, 0.15) is 0 Å². The van der Waals surface area contributed by atoms with Crippen molar-refractivity contribution in [1.29, 1.82) is 0 Å². The quantitative estimate of drug-likeness (QED) is 0.750. The van der Waals surface area contributed by atoms with E-state index < -0.39 is 0 Å². The number of nitrogens with one attached hydrogen (secondary N) is 1. The largest absolute Gasteiger partial charge is 0.378 e. The predicted octanol–water partition coefficient (Wildman–Crippen LogP) is 2.97. The summed E-state index contributed by atoms with van der Waals surface area (Å²) < 4.78 is 5.79. The number of hydrogen-bond acceptors (Lipinski definition) is 2. The predicted molar refractivity (Wildman–Crippen MR) is 67.6 cm³/mol. The van der Waals surface area contributed by atoms with E-state index >= 15 is 0 Å². The summed E-state index contributed by atoms with van der Waals surface area (Å²) >= 11 is 0. The average Bonchev–Trinajstić information content (AvgIpc) is 2.94. The van der Waals surface area contributed by atoms with Crippen molar-refractivity contribution in [1.82, 2.24) is 5.32 Å². The van der Waals surface area contributed by atoms with E-state index in [0.29, 0.717) is 11.5 Å². The van der Waals surface area contributed by atoms with Gasteiger partial charge in [0.25, 0.3) is 0 Å². The van der Waals surface area contributed by atoms with Crippen LogP contribution >= 0.6 is 0 Å². The van der Waals surface area contributed by atoms with Gasteiger partial charge in [-0.25, -0.2) is 0 Å². The zero-order valence-electron chi connectivity index (χ0n) is 11.1. The van der Waals surface area contributed by atoms with E-state index in [-0.39, 0.29) is 0 Å². The van der Waals surface area contributed by atoms with Crippen LogP contribution in [0.1, 0.15) is 52.9 Å². The Morgan fingerprint density at radius 2 is 2.06 bits per heavy atom. The highest BCUT2D eigenvalue weighted by molar-refractivity contribution is 4.89. The van der Waals surface area contributed by atoms with Crippen molar-refractivity contribution in [2.45, 2.75) is 65.0 Å². The van der Waals surface area contributed by atoms with Crippen LogP contribution in [0.4, 0.5) is 0 Å². The zero-order chi connectivity index (χ0) is 11.6. The van der Waals surface area contributed by atoms with E-state index in [4.69, 9.17) is 4.74 Å². The first-order valence-electron chi connectivity index (χ1n) is 6.95. The van der Waals surface area contributed by atoms with Crippen LogP contribution in [0.5, 0.6) is 0 Å². The van der Waals surface area contributed by atoms with Crippen LogP contribution in [0.3, 0.4) is 0 Å². The molecule has 2 fully saturated rings. The Balaban J connectivity index is 1.84. The fourth-order valence-electron chi connectivity index (χ4n) is 2.50. The van der Waals surface area contributed by atoms with Crippen LogP contribution in [0.15, 0.2) is 0 Å². The summed E-state index contributed by atoms with van der Waals surface area (Å²) in [4.78, 5) is 0. The molecule has 0 aromatic carbocycles. The van der Waals surface area contributed by atoms with Gasteiger partial charge in [0.05, 0.1) is 6.10 Å². The summed E-state index contributed by atoms with van der Waals surface area (Å²) in [5, 5.41) is 3.70. The second-order valence-corrected chi connectivity index (χ2v) is 6.30. The molecule has 1 saturated carbocycles. The average molecular weight is 225 g/mol. The van der Waals surface area contributed by atoms with Crippen molar-refractivity contribution < 1.29 is 4.74 Å². The van der Waals surface area contributed by atoms with E-state index in [2.05, 4.69) is 26.1 Å². The highest BCUT2D eigenvalue weighted by Gasteiger charge is 2.34. The van der Waals surface area contributed by atoms with Crippen LogP contribution in [0.25, 0.3) is 0 Å². The molecule has 2 aliphatic rings. The third-order valence-corrected chi connectivity index (χ3v) is 4.48. The van der Waals surface area contributed by atoms with Crippen LogP contribution in [-0.2, 0) is 4.74 Å². The molecular formula is C14H27NO. The van der Waals surface area contributed by atoms with Crippen molar-refractivity contribution in [3.63, 3.8) is 0 Å². The van der Waals surface area contributed by atoms with Crippen molar-refractivity contribution >= 4 is 0 Å². The van der Waals surface area contributed by atoms with Crippen molar-refractivity contribution in [2.24, 2.45) is 11.3 Å². The molecule has 0 radical (unpaired) electrons. The van der Waals surface area contributed by atoms with Gasteiger partial charge in [0, 0.05) is 19.2 Å². The number of ether oxygens (including phenoxy) is 1. The lowest BCUT2D eigenvalue weighted by Crippen LogP contribution is -2.39. The molecule has 1 aliphatic heterocycles. The minimum atomic E-state index is 0.400. The maximum absolute atomic E-state index is 5.79. The summed E-state index contributed by atoms with van der Waals surface area (Å²) in [6, 6.07) is 0.822. The van der Waals surface area contributed by atoms with Gasteiger partial charge >= 0.3 is 0 Å². The Hall–Kier alpha value is -0.0800. The number of rotatable bonds is 6. The standard InChI is InChI=1S/C14H27NO/c1-11(2)14(3,10-15-12-6-7-12)9-13-5-4-8-16-13/h11-13,15H,4-10H2,1-3H3. The summed E-state index contributed by atoms with van der Waals surface area (Å²) in [6.45, 7) is 9.27. The molecule has 0 aromatic heterocycles. The van der Waals surface area contributed by atoms with Gasteiger partial charge in [-0.2, -0.15) is 0 Å². The van der Waals surface area contributed by atoms with Crippen LogP contribution in [-0.4, -0.2) is 25.3 Å². The summed E-state index contributed by atoms with van der Waals surface area (Å²) in [7, 11) is 0. The Bertz CT molecular complexity index is 219. The number of hydrogen-bond donors (Lipinski definition) is 1. The summed E-state index contributed by atoms with van der Waals surface area (Å²) in [6.07, 6.45) is 7.04. The lowest BCUT2D eigenvalue weighted by Gasteiger charge is -2.36. The Morgan fingerprint density at radius 1 is 1.31 bits per heavy atom. The Labute approximate surface area is 100 Å². The van der Waals surface area contributed by atoms with E-state index in [1.807, 2.05) is 0 Å². The summed E-state index contributed by atoms with van der Waals surface area (Å²) in [5.74, 6) is 0.725. The minimum absolute atomic E-state index is 0.400.